The number of rotatable bonds is 5. The maximum atomic E-state index is 14.3. The van der Waals surface area contributed by atoms with Crippen LogP contribution < -0.4 is 4.74 Å². The summed E-state index contributed by atoms with van der Waals surface area (Å²) in [7, 11) is 1.31. The highest BCUT2D eigenvalue weighted by molar-refractivity contribution is 5.51. The van der Waals surface area contributed by atoms with Crippen LogP contribution in [0.3, 0.4) is 0 Å². The van der Waals surface area contributed by atoms with E-state index in [2.05, 4.69) is 0 Å². The molecule has 3 rings (SSSR count). The number of ether oxygens (including phenoxy) is 1. The van der Waals surface area contributed by atoms with Gasteiger partial charge in [-0.2, -0.15) is 4.39 Å². The SMILES string of the molecule is CCc1ccc(C=CC2CCC(c3ccc(OC)c(F)c3F)CC2)c(F)c1F. The standard InChI is InChI=1S/C23H24F4O/c1-3-15-10-11-17(21(25)20(15)24)9-6-14-4-7-16(8-5-14)18-12-13-19(28-2)23(27)22(18)26/h6,9-14,16H,3-5,7-8H2,1-2H3. The second-order valence-electron chi connectivity index (χ2n) is 7.25. The summed E-state index contributed by atoms with van der Waals surface area (Å²) in [5.41, 5.74) is 0.980. The first kappa shape index (κ1) is 20.4. The van der Waals surface area contributed by atoms with Crippen LogP contribution in [-0.4, -0.2) is 7.11 Å². The van der Waals surface area contributed by atoms with Crippen LogP contribution >= 0.6 is 0 Å². The molecule has 0 radical (unpaired) electrons. The minimum absolute atomic E-state index is 0.0527. The number of methoxy groups -OCH3 is 1. The summed E-state index contributed by atoms with van der Waals surface area (Å²) in [4.78, 5) is 0. The van der Waals surface area contributed by atoms with E-state index in [0.29, 0.717) is 30.4 Å². The van der Waals surface area contributed by atoms with Gasteiger partial charge in [-0.3, -0.25) is 0 Å². The molecule has 150 valence electrons. The van der Waals surface area contributed by atoms with Gasteiger partial charge in [0.25, 0.3) is 0 Å². The van der Waals surface area contributed by atoms with Gasteiger partial charge in [0.05, 0.1) is 7.11 Å². The average Bonchev–Trinajstić information content (AvgIpc) is 2.72. The highest BCUT2D eigenvalue weighted by Gasteiger charge is 2.25. The van der Waals surface area contributed by atoms with E-state index < -0.39 is 23.3 Å². The summed E-state index contributed by atoms with van der Waals surface area (Å²) in [5, 5.41) is 0. The minimum Gasteiger partial charge on any atom is -0.494 e. The van der Waals surface area contributed by atoms with Gasteiger partial charge in [-0.15, -0.1) is 0 Å². The van der Waals surface area contributed by atoms with Crippen molar-refractivity contribution in [2.45, 2.75) is 44.9 Å². The van der Waals surface area contributed by atoms with Gasteiger partial charge in [0, 0.05) is 5.56 Å². The van der Waals surface area contributed by atoms with Crippen LogP contribution in [0, 0.1) is 29.2 Å². The Morgan fingerprint density at radius 1 is 0.893 bits per heavy atom. The van der Waals surface area contributed by atoms with Crippen LogP contribution in [-0.2, 0) is 6.42 Å². The zero-order chi connectivity index (χ0) is 20.3. The third-order valence-electron chi connectivity index (χ3n) is 5.63. The summed E-state index contributed by atoms with van der Waals surface area (Å²) in [6.45, 7) is 1.78. The molecule has 5 heteroatoms. The predicted octanol–water partition coefficient (Wildman–Crippen LogP) is 6.80. The summed E-state index contributed by atoms with van der Waals surface area (Å²) >= 11 is 0. The number of benzene rings is 2. The molecule has 28 heavy (non-hydrogen) atoms. The second kappa shape index (κ2) is 8.80. The molecule has 0 unspecified atom stereocenters. The lowest BCUT2D eigenvalue weighted by Crippen LogP contribution is -2.13. The highest BCUT2D eigenvalue weighted by atomic mass is 19.2. The quantitative estimate of drug-likeness (QED) is 0.509. The molecule has 1 aliphatic rings. The summed E-state index contributed by atoms with van der Waals surface area (Å²) < 4.78 is 61.1. The van der Waals surface area contributed by atoms with Crippen molar-refractivity contribution >= 4 is 6.08 Å². The summed E-state index contributed by atoms with van der Waals surface area (Å²) in [6, 6.07) is 6.24. The Labute approximate surface area is 163 Å². The Kier molecular flexibility index (Phi) is 6.42. The van der Waals surface area contributed by atoms with E-state index in [1.807, 2.05) is 6.08 Å². The molecule has 1 saturated carbocycles. The molecule has 0 spiro atoms. The first-order valence-electron chi connectivity index (χ1n) is 9.63. The van der Waals surface area contributed by atoms with Gasteiger partial charge >= 0.3 is 0 Å². The maximum absolute atomic E-state index is 14.3. The average molecular weight is 392 g/mol. The van der Waals surface area contributed by atoms with Gasteiger partial charge in [-0.05, 0) is 61.1 Å². The number of hydrogen-bond donors (Lipinski definition) is 0. The van der Waals surface area contributed by atoms with Crippen LogP contribution in [0.1, 0.15) is 55.2 Å². The lowest BCUT2D eigenvalue weighted by Gasteiger charge is -2.27. The van der Waals surface area contributed by atoms with Gasteiger partial charge in [0.1, 0.15) is 0 Å². The number of aryl methyl sites for hydroxylation is 1. The van der Waals surface area contributed by atoms with Crippen LogP contribution in [0.15, 0.2) is 30.3 Å². The summed E-state index contributed by atoms with van der Waals surface area (Å²) in [5.74, 6) is -3.34. The van der Waals surface area contributed by atoms with Crippen molar-refractivity contribution in [3.8, 4) is 5.75 Å². The number of allylic oxidation sites excluding steroid dienone is 1. The van der Waals surface area contributed by atoms with Gasteiger partial charge in [-0.1, -0.05) is 37.3 Å². The molecule has 0 saturated heterocycles. The van der Waals surface area contributed by atoms with Crippen LogP contribution in [0.4, 0.5) is 17.6 Å². The number of halogens is 4. The van der Waals surface area contributed by atoms with E-state index in [1.165, 1.54) is 13.2 Å². The molecule has 1 aliphatic carbocycles. The summed E-state index contributed by atoms with van der Waals surface area (Å²) in [6.07, 6.45) is 6.95. The van der Waals surface area contributed by atoms with Crippen molar-refractivity contribution in [2.24, 2.45) is 5.92 Å². The van der Waals surface area contributed by atoms with Crippen molar-refractivity contribution in [1.82, 2.24) is 0 Å². The zero-order valence-electron chi connectivity index (χ0n) is 16.1. The fraction of sp³-hybridized carbons (Fsp3) is 0.391. The third-order valence-corrected chi connectivity index (χ3v) is 5.63. The van der Waals surface area contributed by atoms with Crippen molar-refractivity contribution in [3.63, 3.8) is 0 Å². The van der Waals surface area contributed by atoms with Crippen molar-refractivity contribution < 1.29 is 22.3 Å². The first-order valence-corrected chi connectivity index (χ1v) is 9.63. The number of hydrogen-bond acceptors (Lipinski definition) is 1. The minimum atomic E-state index is -0.949. The molecule has 2 aromatic rings. The third kappa shape index (κ3) is 4.08. The molecule has 0 aromatic heterocycles. The zero-order valence-corrected chi connectivity index (χ0v) is 16.1. The maximum Gasteiger partial charge on any atom is 0.200 e. The Hall–Kier alpha value is -2.30. The Morgan fingerprint density at radius 3 is 2.25 bits per heavy atom. The van der Waals surface area contributed by atoms with E-state index >= 15 is 0 Å². The molecule has 0 bridgehead atoms. The topological polar surface area (TPSA) is 9.23 Å². The molecule has 0 amide bonds. The van der Waals surface area contributed by atoms with E-state index in [1.54, 1.807) is 31.2 Å². The van der Waals surface area contributed by atoms with E-state index in [4.69, 9.17) is 4.74 Å². The van der Waals surface area contributed by atoms with Crippen molar-refractivity contribution in [1.29, 1.82) is 0 Å². The predicted molar refractivity (Wildman–Crippen MR) is 102 cm³/mol. The van der Waals surface area contributed by atoms with Gasteiger partial charge < -0.3 is 4.74 Å². The molecular formula is C23H24F4O. The van der Waals surface area contributed by atoms with Gasteiger partial charge in [0.2, 0.25) is 5.82 Å². The molecule has 1 fully saturated rings. The lowest BCUT2D eigenvalue weighted by atomic mass is 9.78. The molecule has 1 nitrogen and oxygen atoms in total. The molecule has 0 atom stereocenters. The molecule has 0 N–H and O–H groups in total. The largest absolute Gasteiger partial charge is 0.494 e. The van der Waals surface area contributed by atoms with Crippen LogP contribution in [0.2, 0.25) is 0 Å². The Morgan fingerprint density at radius 2 is 1.61 bits per heavy atom. The lowest BCUT2D eigenvalue weighted by molar-refractivity contribution is 0.350. The van der Waals surface area contributed by atoms with E-state index in [-0.39, 0.29) is 23.1 Å². The molecule has 2 aromatic carbocycles. The fourth-order valence-electron chi connectivity index (χ4n) is 3.89. The van der Waals surface area contributed by atoms with Crippen molar-refractivity contribution in [3.05, 3.63) is 70.3 Å². The fourth-order valence-corrected chi connectivity index (χ4v) is 3.89. The first-order chi connectivity index (χ1) is 13.5. The Bertz CT molecular complexity index is 867. The normalized spacial score (nSPS) is 19.9. The van der Waals surface area contributed by atoms with Gasteiger partial charge in [-0.25, -0.2) is 13.2 Å². The van der Waals surface area contributed by atoms with E-state index in [9.17, 15) is 17.6 Å². The van der Waals surface area contributed by atoms with Gasteiger partial charge in [0.15, 0.2) is 23.2 Å². The van der Waals surface area contributed by atoms with Crippen molar-refractivity contribution in [2.75, 3.05) is 7.11 Å². The monoisotopic (exact) mass is 392 g/mol. The molecule has 0 aliphatic heterocycles. The molecule has 0 heterocycles. The highest BCUT2D eigenvalue weighted by Crippen LogP contribution is 2.39. The Balaban J connectivity index is 1.66. The molecular weight excluding hydrogens is 368 g/mol. The van der Waals surface area contributed by atoms with Crippen LogP contribution in [0.5, 0.6) is 5.75 Å². The smallest absolute Gasteiger partial charge is 0.200 e. The van der Waals surface area contributed by atoms with E-state index in [0.717, 1.165) is 12.8 Å². The van der Waals surface area contributed by atoms with Crippen LogP contribution in [0.25, 0.3) is 6.08 Å². The second-order valence-corrected chi connectivity index (χ2v) is 7.25.